The first kappa shape index (κ1) is 21.3. The molecule has 34 heavy (non-hydrogen) atoms. The number of benzene rings is 3. The Kier molecular flexibility index (Phi) is 5.09. The van der Waals surface area contributed by atoms with E-state index < -0.39 is 23.5 Å². The lowest BCUT2D eigenvalue weighted by atomic mass is 9.93. The SMILES string of the molecule is COc1cccc2cc(C(=O)C3=C(O)C(=O)N(c4ccccc4O)C3c3cccc(C)c3)oc12. The molecule has 3 aromatic carbocycles. The minimum Gasteiger partial charge on any atom is -0.506 e. The van der Waals surface area contributed by atoms with Crippen LogP contribution in [0.4, 0.5) is 5.69 Å². The number of phenols is 1. The van der Waals surface area contributed by atoms with E-state index in [1.54, 1.807) is 48.5 Å². The Hall–Kier alpha value is -4.52. The van der Waals surface area contributed by atoms with Crippen molar-refractivity contribution in [2.75, 3.05) is 12.0 Å². The largest absolute Gasteiger partial charge is 0.506 e. The van der Waals surface area contributed by atoms with Crippen molar-refractivity contribution in [3.63, 3.8) is 0 Å². The predicted octanol–water partition coefficient (Wildman–Crippen LogP) is 5.24. The molecule has 1 aliphatic heterocycles. The molecule has 0 aliphatic carbocycles. The van der Waals surface area contributed by atoms with Crippen LogP contribution in [0.15, 0.2) is 88.5 Å². The number of phenolic OH excluding ortho intramolecular Hbond substituents is 1. The van der Waals surface area contributed by atoms with Crippen molar-refractivity contribution in [2.45, 2.75) is 13.0 Å². The minimum atomic E-state index is -0.969. The Bertz CT molecular complexity index is 1480. The van der Waals surface area contributed by atoms with Gasteiger partial charge >= 0.3 is 0 Å². The first-order chi connectivity index (χ1) is 16.4. The zero-order chi connectivity index (χ0) is 24.0. The molecule has 7 nitrogen and oxygen atoms in total. The maximum Gasteiger partial charge on any atom is 0.294 e. The number of aryl methyl sites for hydroxylation is 1. The van der Waals surface area contributed by atoms with Gasteiger partial charge in [-0.15, -0.1) is 0 Å². The third-order valence-electron chi connectivity index (χ3n) is 5.90. The molecule has 2 heterocycles. The number of carbonyl (C=O) groups is 2. The molecule has 0 fully saturated rings. The number of amides is 1. The number of nitrogens with zero attached hydrogens (tertiary/aromatic N) is 1. The number of Topliss-reactive ketones (excluding diaryl/α,β-unsaturated/α-hetero) is 1. The third-order valence-corrected chi connectivity index (χ3v) is 5.90. The number of para-hydroxylation sites is 3. The molecule has 0 saturated heterocycles. The summed E-state index contributed by atoms with van der Waals surface area (Å²) >= 11 is 0. The number of ketones is 1. The number of methoxy groups -OCH3 is 1. The summed E-state index contributed by atoms with van der Waals surface area (Å²) in [6.07, 6.45) is 0. The molecule has 1 atom stereocenters. The number of hydrogen-bond acceptors (Lipinski definition) is 6. The monoisotopic (exact) mass is 455 g/mol. The highest BCUT2D eigenvalue weighted by molar-refractivity contribution is 6.21. The summed E-state index contributed by atoms with van der Waals surface area (Å²) in [5.41, 5.74) is 1.96. The van der Waals surface area contributed by atoms with Crippen LogP contribution in [-0.4, -0.2) is 29.0 Å². The van der Waals surface area contributed by atoms with E-state index in [1.165, 1.54) is 18.1 Å². The highest BCUT2D eigenvalue weighted by Crippen LogP contribution is 2.45. The summed E-state index contributed by atoms with van der Waals surface area (Å²) in [5.74, 6) is -1.83. The summed E-state index contributed by atoms with van der Waals surface area (Å²) in [6, 6.07) is 19.4. The van der Waals surface area contributed by atoms with E-state index in [0.29, 0.717) is 22.3 Å². The van der Waals surface area contributed by atoms with E-state index >= 15 is 0 Å². The van der Waals surface area contributed by atoms with Crippen molar-refractivity contribution in [1.82, 2.24) is 0 Å². The van der Waals surface area contributed by atoms with E-state index in [0.717, 1.165) is 5.56 Å². The van der Waals surface area contributed by atoms with Gasteiger partial charge in [-0.3, -0.25) is 14.5 Å². The summed E-state index contributed by atoms with van der Waals surface area (Å²) in [5, 5.41) is 22.0. The highest BCUT2D eigenvalue weighted by atomic mass is 16.5. The number of furan rings is 1. The molecule has 1 unspecified atom stereocenters. The number of aliphatic hydroxyl groups excluding tert-OH is 1. The van der Waals surface area contributed by atoms with Crippen molar-refractivity contribution < 1.29 is 29.0 Å². The molecular weight excluding hydrogens is 434 g/mol. The van der Waals surface area contributed by atoms with Crippen LogP contribution in [0, 0.1) is 6.92 Å². The van der Waals surface area contributed by atoms with Crippen LogP contribution in [0.5, 0.6) is 11.5 Å². The molecule has 4 aromatic rings. The zero-order valence-electron chi connectivity index (χ0n) is 18.5. The molecule has 7 heteroatoms. The van der Waals surface area contributed by atoms with Gasteiger partial charge < -0.3 is 19.4 Å². The van der Waals surface area contributed by atoms with Crippen molar-refractivity contribution in [1.29, 1.82) is 0 Å². The van der Waals surface area contributed by atoms with Crippen LogP contribution in [0.25, 0.3) is 11.0 Å². The fourth-order valence-corrected chi connectivity index (χ4v) is 4.35. The van der Waals surface area contributed by atoms with Gasteiger partial charge in [0.15, 0.2) is 22.9 Å². The lowest BCUT2D eigenvalue weighted by Crippen LogP contribution is -2.31. The maximum absolute atomic E-state index is 13.7. The molecule has 1 aliphatic rings. The lowest BCUT2D eigenvalue weighted by Gasteiger charge is -2.27. The second-order valence-corrected chi connectivity index (χ2v) is 8.06. The van der Waals surface area contributed by atoms with Gasteiger partial charge in [-0.2, -0.15) is 0 Å². The molecule has 0 spiro atoms. The minimum absolute atomic E-state index is 0.0364. The maximum atomic E-state index is 13.7. The Morgan fingerprint density at radius 3 is 2.50 bits per heavy atom. The summed E-state index contributed by atoms with van der Waals surface area (Å²) in [4.78, 5) is 28.2. The number of rotatable bonds is 5. The first-order valence-corrected chi connectivity index (χ1v) is 10.6. The Labute approximate surface area is 195 Å². The van der Waals surface area contributed by atoms with Crippen molar-refractivity contribution in [3.8, 4) is 11.5 Å². The van der Waals surface area contributed by atoms with Gasteiger partial charge in [-0.25, -0.2) is 0 Å². The first-order valence-electron chi connectivity index (χ1n) is 10.6. The second-order valence-electron chi connectivity index (χ2n) is 8.06. The van der Waals surface area contributed by atoms with Gasteiger partial charge in [0, 0.05) is 5.39 Å². The van der Waals surface area contributed by atoms with Crippen molar-refractivity contribution in [3.05, 3.63) is 101 Å². The number of carbonyl (C=O) groups excluding carboxylic acids is 2. The molecule has 1 amide bonds. The van der Waals surface area contributed by atoms with E-state index in [4.69, 9.17) is 9.15 Å². The molecule has 170 valence electrons. The fourth-order valence-electron chi connectivity index (χ4n) is 4.35. The predicted molar refractivity (Wildman–Crippen MR) is 126 cm³/mol. The molecule has 2 N–H and O–H groups in total. The second kappa shape index (κ2) is 8.12. The summed E-state index contributed by atoms with van der Waals surface area (Å²) in [6.45, 7) is 1.89. The number of fused-ring (bicyclic) bond motifs is 1. The number of ether oxygens (including phenoxy) is 1. The smallest absolute Gasteiger partial charge is 0.294 e. The molecule has 0 saturated carbocycles. The van der Waals surface area contributed by atoms with Crippen molar-refractivity contribution >= 4 is 28.3 Å². The Balaban J connectivity index is 1.69. The average molecular weight is 455 g/mol. The van der Waals surface area contributed by atoms with E-state index in [9.17, 15) is 19.8 Å². The number of aliphatic hydroxyl groups is 1. The highest BCUT2D eigenvalue weighted by Gasteiger charge is 2.46. The molecule has 0 bridgehead atoms. The quantitative estimate of drug-likeness (QED) is 0.399. The van der Waals surface area contributed by atoms with Crippen LogP contribution in [0.1, 0.15) is 27.7 Å². The van der Waals surface area contributed by atoms with Crippen molar-refractivity contribution in [2.24, 2.45) is 0 Å². The Morgan fingerprint density at radius 2 is 1.76 bits per heavy atom. The van der Waals surface area contributed by atoms with Gasteiger partial charge in [-0.05, 0) is 36.8 Å². The number of hydrogen-bond donors (Lipinski definition) is 2. The summed E-state index contributed by atoms with van der Waals surface area (Å²) < 4.78 is 11.1. The van der Waals surface area contributed by atoms with Gasteiger partial charge in [0.1, 0.15) is 5.75 Å². The number of aromatic hydroxyl groups is 1. The Morgan fingerprint density at radius 1 is 1.00 bits per heavy atom. The molecule has 1 aromatic heterocycles. The van der Waals surface area contributed by atoms with E-state index in [1.807, 2.05) is 25.1 Å². The number of anilines is 1. The standard InChI is InChI=1S/C27H21NO6/c1-15-7-5-8-16(13-15)23-22(25(31)27(32)28(23)18-10-3-4-11-19(18)29)24(30)21-14-17-9-6-12-20(33-2)26(17)34-21/h3-14,23,29,31H,1-2H3. The van der Waals surface area contributed by atoms with Gasteiger partial charge in [0.05, 0.1) is 24.4 Å². The fraction of sp³-hybridized carbons (Fsp3) is 0.111. The average Bonchev–Trinajstić information content (AvgIpc) is 3.38. The topological polar surface area (TPSA) is 100 Å². The third kappa shape index (κ3) is 3.29. The van der Waals surface area contributed by atoms with Crippen LogP contribution in [-0.2, 0) is 4.79 Å². The molecular formula is C27H21NO6. The lowest BCUT2D eigenvalue weighted by molar-refractivity contribution is -0.117. The van der Waals surface area contributed by atoms with Gasteiger partial charge in [0.25, 0.3) is 5.91 Å². The zero-order valence-corrected chi connectivity index (χ0v) is 18.5. The van der Waals surface area contributed by atoms with Gasteiger partial charge in [-0.1, -0.05) is 54.1 Å². The summed E-state index contributed by atoms with van der Waals surface area (Å²) in [7, 11) is 1.50. The van der Waals surface area contributed by atoms with Crippen LogP contribution < -0.4 is 9.64 Å². The van der Waals surface area contributed by atoms with Crippen LogP contribution in [0.3, 0.4) is 0 Å². The molecule has 0 radical (unpaired) electrons. The van der Waals surface area contributed by atoms with Crippen LogP contribution in [0.2, 0.25) is 0 Å². The van der Waals surface area contributed by atoms with E-state index in [-0.39, 0.29) is 22.8 Å². The van der Waals surface area contributed by atoms with Crippen LogP contribution >= 0.6 is 0 Å². The normalized spacial score (nSPS) is 15.9. The van der Waals surface area contributed by atoms with E-state index in [2.05, 4.69) is 0 Å². The van der Waals surface area contributed by atoms with Gasteiger partial charge in [0.2, 0.25) is 5.78 Å². The molecule has 5 rings (SSSR count).